The molecule has 0 aromatic carbocycles. The van der Waals surface area contributed by atoms with Gasteiger partial charge >= 0.3 is 0 Å². The van der Waals surface area contributed by atoms with Gasteiger partial charge in [-0.1, -0.05) is 25.7 Å². The molecule has 0 aliphatic heterocycles. The lowest BCUT2D eigenvalue weighted by Gasteiger charge is -2.47. The third-order valence-electron chi connectivity index (χ3n) is 7.87. The normalized spacial score (nSPS) is 25.5. The highest BCUT2D eigenvalue weighted by molar-refractivity contribution is 7.90. The summed E-state index contributed by atoms with van der Waals surface area (Å²) in [7, 11) is -0.182. The number of sulfonamides is 1. The summed E-state index contributed by atoms with van der Waals surface area (Å²) in [5.74, 6) is 0.810. The molecule has 0 bridgehead atoms. The molecule has 2 aliphatic rings. The van der Waals surface area contributed by atoms with Crippen LogP contribution in [0.15, 0.2) is 0 Å². The Balaban J connectivity index is 1.72. The molecule has 10 heteroatoms. The van der Waals surface area contributed by atoms with Crippen LogP contribution in [0, 0.1) is 18.4 Å². The van der Waals surface area contributed by atoms with Gasteiger partial charge in [-0.3, -0.25) is 0 Å². The van der Waals surface area contributed by atoms with Crippen LogP contribution in [0.2, 0.25) is 0 Å². The lowest BCUT2D eigenvalue weighted by molar-refractivity contribution is 0.0713. The molecule has 37 heavy (non-hydrogen) atoms. The molecule has 2 saturated carbocycles. The Morgan fingerprint density at radius 2 is 1.54 bits per heavy atom. The number of fused-ring (bicyclic) bond motifs is 1. The van der Waals surface area contributed by atoms with Crippen molar-refractivity contribution >= 4 is 18.5 Å². The van der Waals surface area contributed by atoms with Crippen molar-refractivity contribution < 1.29 is 17.5 Å². The molecule has 0 amide bonds. The van der Waals surface area contributed by atoms with Gasteiger partial charge in [-0.05, 0) is 92.2 Å². The van der Waals surface area contributed by atoms with Crippen LogP contribution in [0.3, 0.4) is 0 Å². The van der Waals surface area contributed by atoms with Gasteiger partial charge in [0.1, 0.15) is 6.61 Å². The first-order valence-corrected chi connectivity index (χ1v) is 17.1. The van der Waals surface area contributed by atoms with E-state index < -0.39 is 18.5 Å². The molecule has 5 atom stereocenters. The van der Waals surface area contributed by atoms with Gasteiger partial charge in [0.15, 0.2) is 0 Å². The summed E-state index contributed by atoms with van der Waals surface area (Å²) < 4.78 is 43.7. The molecular formula is C27H53N4O4PS. The Morgan fingerprint density at radius 3 is 2.19 bits per heavy atom. The molecule has 8 nitrogen and oxygen atoms in total. The van der Waals surface area contributed by atoms with Crippen LogP contribution >= 0.6 is 8.53 Å². The summed E-state index contributed by atoms with van der Waals surface area (Å²) in [6.45, 7) is 17.4. The minimum atomic E-state index is -3.28. The number of rotatable bonds is 17. The Labute approximate surface area is 229 Å². The van der Waals surface area contributed by atoms with Crippen molar-refractivity contribution in [3.63, 3.8) is 0 Å². The van der Waals surface area contributed by atoms with Crippen LogP contribution in [0.4, 0.5) is 0 Å². The van der Waals surface area contributed by atoms with Gasteiger partial charge in [0.2, 0.25) is 16.6 Å². The van der Waals surface area contributed by atoms with Gasteiger partial charge in [-0.2, -0.15) is 0 Å². The van der Waals surface area contributed by atoms with Crippen molar-refractivity contribution in [1.82, 2.24) is 14.3 Å². The molecule has 1 N–H and O–H groups in total. The average molecular weight is 561 g/mol. The fourth-order valence-electron chi connectivity index (χ4n) is 6.29. The molecule has 0 spiro atoms. The van der Waals surface area contributed by atoms with Crippen molar-refractivity contribution in [2.45, 2.75) is 115 Å². The Morgan fingerprint density at radius 1 is 0.919 bits per heavy atom. The average Bonchev–Trinajstić information content (AvgIpc) is 2.84. The third-order valence-corrected chi connectivity index (χ3v) is 12.0. The zero-order valence-electron chi connectivity index (χ0n) is 24.2. The summed E-state index contributed by atoms with van der Waals surface area (Å²) in [5.41, 5.74) is 0. The molecule has 0 heterocycles. The number of hydrogen-bond acceptors (Lipinski definition) is 6. The molecule has 2 rings (SSSR count). The molecule has 0 aromatic rings. The Kier molecular flexibility index (Phi) is 14.8. The van der Waals surface area contributed by atoms with Crippen molar-refractivity contribution in [3.8, 4) is 0 Å². The van der Waals surface area contributed by atoms with E-state index in [1.807, 2.05) is 0 Å². The van der Waals surface area contributed by atoms with Crippen LogP contribution in [-0.4, -0.2) is 81.8 Å². The minimum Gasteiger partial charge on any atom is -0.322 e. The number of unbranched alkanes of at least 4 members (excludes halogenated alkanes) is 3. The standard InChI is InChI=1S/C27H53N4O4PS/c1-22(2)31(23(3)4)36(35-21-19-28-5)34-20-11-9-8-10-18-29-37(32,33)27-17-13-14-24-25(27)15-12-16-26(24)30(6)7/h22-27,29H,8-21H2,1-4,6-7H3. The van der Waals surface area contributed by atoms with E-state index in [-0.39, 0.29) is 5.25 Å². The van der Waals surface area contributed by atoms with Crippen LogP contribution < -0.4 is 4.72 Å². The number of hydrogen-bond donors (Lipinski definition) is 1. The molecule has 2 fully saturated rings. The van der Waals surface area contributed by atoms with Crippen LogP contribution in [0.1, 0.15) is 91.9 Å². The van der Waals surface area contributed by atoms with E-state index in [2.05, 4.69) is 60.9 Å². The van der Waals surface area contributed by atoms with Gasteiger partial charge in [0, 0.05) is 24.7 Å². The highest BCUT2D eigenvalue weighted by Crippen LogP contribution is 2.46. The topological polar surface area (TPSA) is 75.5 Å². The fourth-order valence-corrected chi connectivity index (χ4v) is 9.83. The van der Waals surface area contributed by atoms with E-state index in [9.17, 15) is 8.42 Å². The third kappa shape index (κ3) is 10.3. The second-order valence-corrected chi connectivity index (χ2v) is 14.9. The quantitative estimate of drug-likeness (QED) is 0.141. The number of nitrogens with zero attached hydrogens (tertiary/aromatic N) is 3. The molecule has 0 saturated heterocycles. The first-order chi connectivity index (χ1) is 17.6. The highest BCUT2D eigenvalue weighted by atomic mass is 32.2. The van der Waals surface area contributed by atoms with E-state index in [4.69, 9.17) is 15.6 Å². The minimum absolute atomic E-state index is 0.227. The van der Waals surface area contributed by atoms with Gasteiger partial charge in [-0.15, -0.1) is 0 Å². The maximum absolute atomic E-state index is 13.2. The Hall–Kier alpha value is -0.330. The predicted octanol–water partition coefficient (Wildman–Crippen LogP) is 5.66. The maximum Gasteiger partial charge on any atom is 0.259 e. The smallest absolute Gasteiger partial charge is 0.259 e. The fraction of sp³-hybridized carbons (Fsp3) is 0.963. The molecular weight excluding hydrogens is 507 g/mol. The van der Waals surface area contributed by atoms with E-state index in [0.29, 0.717) is 56.3 Å². The van der Waals surface area contributed by atoms with Gasteiger partial charge < -0.3 is 18.8 Å². The molecule has 216 valence electrons. The second-order valence-electron chi connectivity index (χ2n) is 11.5. The summed E-state index contributed by atoms with van der Waals surface area (Å²) in [4.78, 5) is 5.70. The van der Waals surface area contributed by atoms with Crippen LogP contribution in [-0.2, 0) is 19.1 Å². The zero-order valence-corrected chi connectivity index (χ0v) is 25.9. The molecule has 2 aliphatic carbocycles. The van der Waals surface area contributed by atoms with Crippen LogP contribution in [0.5, 0.6) is 0 Å². The lowest BCUT2D eigenvalue weighted by atomic mass is 9.68. The summed E-state index contributed by atoms with van der Waals surface area (Å²) in [5, 5.41) is -0.227. The van der Waals surface area contributed by atoms with E-state index in [1.165, 1.54) is 12.8 Å². The maximum atomic E-state index is 13.2. The van der Waals surface area contributed by atoms with Crippen molar-refractivity contribution in [1.29, 1.82) is 0 Å². The van der Waals surface area contributed by atoms with E-state index in [0.717, 1.165) is 51.4 Å². The number of nitrogens with one attached hydrogen (secondary N) is 1. The van der Waals surface area contributed by atoms with E-state index >= 15 is 0 Å². The van der Waals surface area contributed by atoms with E-state index in [1.54, 1.807) is 0 Å². The van der Waals surface area contributed by atoms with Gasteiger partial charge in [-0.25, -0.2) is 24.4 Å². The summed E-state index contributed by atoms with van der Waals surface area (Å²) in [6.07, 6.45) is 10.1. The first-order valence-electron chi connectivity index (χ1n) is 14.4. The molecule has 0 radical (unpaired) electrons. The van der Waals surface area contributed by atoms with Crippen molar-refractivity contribution in [2.24, 2.45) is 11.8 Å². The molecule has 0 aromatic heterocycles. The second kappa shape index (κ2) is 16.7. The predicted molar refractivity (Wildman–Crippen MR) is 154 cm³/mol. The van der Waals surface area contributed by atoms with Crippen molar-refractivity contribution in [3.05, 3.63) is 11.4 Å². The zero-order chi connectivity index (χ0) is 27.4. The van der Waals surface area contributed by atoms with Gasteiger partial charge in [0.05, 0.1) is 11.9 Å². The lowest BCUT2D eigenvalue weighted by Crippen LogP contribution is -2.51. The molecule has 5 unspecified atom stereocenters. The van der Waals surface area contributed by atoms with Crippen molar-refractivity contribution in [2.75, 3.05) is 40.4 Å². The monoisotopic (exact) mass is 560 g/mol. The van der Waals surface area contributed by atoms with Gasteiger partial charge in [0.25, 0.3) is 8.53 Å². The largest absolute Gasteiger partial charge is 0.322 e. The highest BCUT2D eigenvalue weighted by Gasteiger charge is 2.45. The summed E-state index contributed by atoms with van der Waals surface area (Å²) >= 11 is 0. The summed E-state index contributed by atoms with van der Waals surface area (Å²) in [6, 6.07) is 1.12. The van der Waals surface area contributed by atoms with Crippen LogP contribution in [0.25, 0.3) is 4.85 Å². The SMILES string of the molecule is [C-]#[N+]CCOP(OCCCCCCNS(=O)(=O)C1CCCC2C1CCCC2N(C)C)N(C(C)C)C(C)C. The Bertz CT molecular complexity index is 782. The first kappa shape index (κ1) is 32.9.